The van der Waals surface area contributed by atoms with Crippen LogP contribution in [0, 0.1) is 6.92 Å². The van der Waals surface area contributed by atoms with E-state index < -0.39 is 0 Å². The fourth-order valence-corrected chi connectivity index (χ4v) is 4.80. The molecule has 0 saturated heterocycles. The Morgan fingerprint density at radius 1 is 1.00 bits per heavy atom. The summed E-state index contributed by atoms with van der Waals surface area (Å²) >= 11 is 0. The molecule has 0 atom stereocenters. The summed E-state index contributed by atoms with van der Waals surface area (Å²) in [6.07, 6.45) is 0.850. The van der Waals surface area contributed by atoms with E-state index in [1.54, 1.807) is 33.3 Å². The van der Waals surface area contributed by atoms with Gasteiger partial charge in [-0.2, -0.15) is 0 Å². The first kappa shape index (κ1) is 22.0. The molecule has 0 saturated carbocycles. The highest BCUT2D eigenvalue weighted by Crippen LogP contribution is 2.35. The van der Waals surface area contributed by atoms with Crippen molar-refractivity contribution in [3.05, 3.63) is 87.3 Å². The molecule has 1 aliphatic rings. The summed E-state index contributed by atoms with van der Waals surface area (Å²) in [7, 11) is 3.27. The van der Waals surface area contributed by atoms with Crippen LogP contribution in [0.15, 0.2) is 63.8 Å². The number of phenolic OH excluding ortho intramolecular Hbond substituents is 1. The van der Waals surface area contributed by atoms with E-state index in [9.17, 15) is 9.90 Å². The zero-order chi connectivity index (χ0) is 23.8. The Balaban J connectivity index is 1.53. The van der Waals surface area contributed by atoms with E-state index >= 15 is 0 Å². The standard InChI is InChI=1S/C28H27NO5/c1-17-26(18-7-5-4-6-8-18)27(31)21-9-10-23(30)22(28(21)34-17)16-29-12-11-19-13-24(32-2)25(33-3)14-20(19)15-29/h4-10,13-14,30H,11-12,15-16H2,1-3H3. The topological polar surface area (TPSA) is 72.1 Å². The Kier molecular flexibility index (Phi) is 5.75. The minimum Gasteiger partial charge on any atom is -0.507 e. The van der Waals surface area contributed by atoms with Crippen molar-refractivity contribution in [2.24, 2.45) is 0 Å². The Bertz CT molecular complexity index is 1420. The van der Waals surface area contributed by atoms with Gasteiger partial charge in [-0.25, -0.2) is 0 Å². The normalized spacial score (nSPS) is 13.6. The summed E-state index contributed by atoms with van der Waals surface area (Å²) in [5, 5.41) is 11.2. The van der Waals surface area contributed by atoms with E-state index in [0.29, 0.717) is 46.7 Å². The monoisotopic (exact) mass is 457 g/mol. The average molecular weight is 458 g/mol. The van der Waals surface area contributed by atoms with Crippen LogP contribution in [0.1, 0.15) is 22.5 Å². The number of hydrogen-bond acceptors (Lipinski definition) is 6. The van der Waals surface area contributed by atoms with Crippen LogP contribution in [0.2, 0.25) is 0 Å². The van der Waals surface area contributed by atoms with E-state index in [1.165, 1.54) is 5.56 Å². The molecule has 0 bridgehead atoms. The molecule has 1 aromatic heterocycles. The summed E-state index contributed by atoms with van der Waals surface area (Å²) in [5.41, 5.74) is 4.74. The zero-order valence-electron chi connectivity index (χ0n) is 19.6. The molecule has 0 aliphatic carbocycles. The van der Waals surface area contributed by atoms with Crippen molar-refractivity contribution in [2.45, 2.75) is 26.4 Å². The molecule has 34 heavy (non-hydrogen) atoms. The lowest BCUT2D eigenvalue weighted by Gasteiger charge is -2.30. The van der Waals surface area contributed by atoms with Crippen LogP contribution in [0.25, 0.3) is 22.1 Å². The molecule has 6 heteroatoms. The Morgan fingerprint density at radius 3 is 2.41 bits per heavy atom. The van der Waals surface area contributed by atoms with Gasteiger partial charge in [-0.3, -0.25) is 9.69 Å². The van der Waals surface area contributed by atoms with Gasteiger partial charge < -0.3 is 19.0 Å². The number of hydrogen-bond donors (Lipinski definition) is 1. The second-order valence-electron chi connectivity index (χ2n) is 8.60. The molecule has 2 heterocycles. The summed E-state index contributed by atoms with van der Waals surface area (Å²) in [6.45, 7) is 3.76. The number of ether oxygens (including phenoxy) is 2. The first-order chi connectivity index (χ1) is 16.5. The molecule has 0 fully saturated rings. The van der Waals surface area contributed by atoms with Gasteiger partial charge in [0, 0.05) is 19.6 Å². The number of methoxy groups -OCH3 is 2. The number of benzene rings is 3. The molecular formula is C28H27NO5. The van der Waals surface area contributed by atoms with Crippen LogP contribution >= 0.6 is 0 Å². The summed E-state index contributed by atoms with van der Waals surface area (Å²) < 4.78 is 17.1. The number of phenols is 1. The van der Waals surface area contributed by atoms with Crippen LogP contribution in [0.3, 0.4) is 0 Å². The molecule has 174 valence electrons. The van der Waals surface area contributed by atoms with Crippen LogP contribution in [0.5, 0.6) is 17.2 Å². The lowest BCUT2D eigenvalue weighted by Crippen LogP contribution is -2.30. The van der Waals surface area contributed by atoms with E-state index in [4.69, 9.17) is 13.9 Å². The molecule has 3 aromatic carbocycles. The molecule has 4 aromatic rings. The first-order valence-corrected chi connectivity index (χ1v) is 11.3. The average Bonchev–Trinajstić information content (AvgIpc) is 2.85. The third-order valence-corrected chi connectivity index (χ3v) is 6.56. The number of nitrogens with zero attached hydrogens (tertiary/aromatic N) is 1. The molecule has 0 unspecified atom stereocenters. The Hall–Kier alpha value is -3.77. The van der Waals surface area contributed by atoms with Crippen molar-refractivity contribution < 1.29 is 19.0 Å². The van der Waals surface area contributed by atoms with Gasteiger partial charge in [0.05, 0.1) is 30.7 Å². The van der Waals surface area contributed by atoms with Crippen molar-refractivity contribution >= 4 is 11.0 Å². The number of aromatic hydroxyl groups is 1. The highest BCUT2D eigenvalue weighted by Gasteiger charge is 2.23. The van der Waals surface area contributed by atoms with Crippen molar-refractivity contribution in [3.63, 3.8) is 0 Å². The van der Waals surface area contributed by atoms with Crippen molar-refractivity contribution in [1.82, 2.24) is 4.90 Å². The number of rotatable bonds is 5. The molecule has 5 rings (SSSR count). The van der Waals surface area contributed by atoms with Gasteiger partial charge in [-0.15, -0.1) is 0 Å². The first-order valence-electron chi connectivity index (χ1n) is 11.3. The van der Waals surface area contributed by atoms with Crippen LogP contribution in [-0.4, -0.2) is 30.8 Å². The van der Waals surface area contributed by atoms with Crippen molar-refractivity contribution in [1.29, 1.82) is 0 Å². The van der Waals surface area contributed by atoms with E-state index in [1.807, 2.05) is 42.5 Å². The van der Waals surface area contributed by atoms with Gasteiger partial charge in [0.2, 0.25) is 5.43 Å². The maximum atomic E-state index is 13.4. The number of fused-ring (bicyclic) bond motifs is 2. The zero-order valence-corrected chi connectivity index (χ0v) is 19.6. The summed E-state index contributed by atoms with van der Waals surface area (Å²) in [4.78, 5) is 15.7. The number of aryl methyl sites for hydroxylation is 1. The quantitative estimate of drug-likeness (QED) is 0.452. The van der Waals surface area contributed by atoms with Crippen molar-refractivity contribution in [2.75, 3.05) is 20.8 Å². The third kappa shape index (κ3) is 3.80. The van der Waals surface area contributed by atoms with Gasteiger partial charge in [0.25, 0.3) is 0 Å². The van der Waals surface area contributed by atoms with Gasteiger partial charge >= 0.3 is 0 Å². The maximum Gasteiger partial charge on any atom is 0.200 e. The van der Waals surface area contributed by atoms with Gasteiger partial charge in [0.15, 0.2) is 11.5 Å². The van der Waals surface area contributed by atoms with Gasteiger partial charge in [-0.1, -0.05) is 30.3 Å². The lowest BCUT2D eigenvalue weighted by molar-refractivity contribution is 0.241. The predicted octanol–water partition coefficient (Wildman–Crippen LogP) is 5.05. The van der Waals surface area contributed by atoms with Crippen LogP contribution < -0.4 is 14.9 Å². The predicted molar refractivity (Wildman–Crippen MR) is 132 cm³/mol. The highest BCUT2D eigenvalue weighted by atomic mass is 16.5. The second kappa shape index (κ2) is 8.88. The molecule has 1 aliphatic heterocycles. The van der Waals surface area contributed by atoms with Gasteiger partial charge in [-0.05, 0) is 54.3 Å². The Morgan fingerprint density at radius 2 is 1.71 bits per heavy atom. The smallest absolute Gasteiger partial charge is 0.200 e. The van der Waals surface area contributed by atoms with E-state index in [0.717, 1.165) is 29.8 Å². The minimum absolute atomic E-state index is 0.0907. The SMILES string of the molecule is COc1cc2c(cc1OC)CN(Cc1c(O)ccc3c(=O)c(-c4ccccc4)c(C)oc13)CC2. The third-order valence-electron chi connectivity index (χ3n) is 6.56. The molecule has 0 radical (unpaired) electrons. The maximum absolute atomic E-state index is 13.4. The Labute approximate surface area is 198 Å². The molecule has 0 amide bonds. The summed E-state index contributed by atoms with van der Waals surface area (Å²) in [6, 6.07) is 16.8. The molecule has 0 spiro atoms. The summed E-state index contributed by atoms with van der Waals surface area (Å²) in [5.74, 6) is 2.09. The van der Waals surface area contributed by atoms with Crippen LogP contribution in [-0.2, 0) is 19.5 Å². The molecular weight excluding hydrogens is 430 g/mol. The molecule has 1 N–H and O–H groups in total. The highest BCUT2D eigenvalue weighted by molar-refractivity contribution is 5.86. The molecule has 6 nitrogen and oxygen atoms in total. The fraction of sp³-hybridized carbons (Fsp3) is 0.250. The van der Waals surface area contributed by atoms with Crippen molar-refractivity contribution in [3.8, 4) is 28.4 Å². The van der Waals surface area contributed by atoms with E-state index in [2.05, 4.69) is 4.90 Å². The largest absolute Gasteiger partial charge is 0.507 e. The van der Waals surface area contributed by atoms with E-state index in [-0.39, 0.29) is 11.2 Å². The van der Waals surface area contributed by atoms with Crippen LogP contribution in [0.4, 0.5) is 0 Å². The second-order valence-corrected chi connectivity index (χ2v) is 8.60. The fourth-order valence-electron chi connectivity index (χ4n) is 4.80. The van der Waals surface area contributed by atoms with Gasteiger partial charge in [0.1, 0.15) is 17.1 Å². The minimum atomic E-state index is -0.0907. The lowest BCUT2D eigenvalue weighted by atomic mass is 9.97.